The molecule has 15 heavy (non-hydrogen) atoms. The van der Waals surface area contributed by atoms with Gasteiger partial charge in [-0.25, -0.2) is 0 Å². The van der Waals surface area contributed by atoms with Gasteiger partial charge >= 0.3 is 0 Å². The van der Waals surface area contributed by atoms with E-state index in [9.17, 15) is 4.79 Å². The van der Waals surface area contributed by atoms with Crippen LogP contribution in [0.2, 0.25) is 0 Å². The molecule has 0 aromatic carbocycles. The van der Waals surface area contributed by atoms with Gasteiger partial charge in [-0.05, 0) is 44.2 Å². The first kappa shape index (κ1) is 12.7. The molecular formula is C13H25NO. The van der Waals surface area contributed by atoms with Crippen LogP contribution < -0.4 is 0 Å². The highest BCUT2D eigenvalue weighted by molar-refractivity contribution is 5.75. The van der Waals surface area contributed by atoms with E-state index in [-0.39, 0.29) is 0 Å². The van der Waals surface area contributed by atoms with Crippen molar-refractivity contribution in [1.29, 1.82) is 0 Å². The Morgan fingerprint density at radius 3 is 2.53 bits per heavy atom. The predicted molar refractivity (Wildman–Crippen MR) is 63.9 cm³/mol. The van der Waals surface area contributed by atoms with Gasteiger partial charge in [0.2, 0.25) is 0 Å². The molecule has 0 spiro atoms. The van der Waals surface area contributed by atoms with E-state index in [2.05, 4.69) is 25.7 Å². The highest BCUT2D eigenvalue weighted by atomic mass is 16.1. The van der Waals surface area contributed by atoms with Crippen LogP contribution in [-0.2, 0) is 4.79 Å². The van der Waals surface area contributed by atoms with Crippen LogP contribution in [0.1, 0.15) is 47.0 Å². The smallest absolute Gasteiger partial charge is 0.129 e. The maximum atomic E-state index is 10.8. The summed E-state index contributed by atoms with van der Waals surface area (Å²) in [7, 11) is 0. The van der Waals surface area contributed by atoms with Crippen molar-refractivity contribution in [3.05, 3.63) is 0 Å². The van der Waals surface area contributed by atoms with Crippen LogP contribution in [-0.4, -0.2) is 30.3 Å². The normalized spacial score (nSPS) is 23.3. The van der Waals surface area contributed by atoms with E-state index in [4.69, 9.17) is 0 Å². The Balaban J connectivity index is 2.22. The van der Waals surface area contributed by atoms with Crippen LogP contribution in [0.25, 0.3) is 0 Å². The van der Waals surface area contributed by atoms with E-state index in [1.165, 1.54) is 19.5 Å². The zero-order chi connectivity index (χ0) is 11.5. The fourth-order valence-electron chi connectivity index (χ4n) is 2.29. The van der Waals surface area contributed by atoms with Gasteiger partial charge in [-0.1, -0.05) is 20.8 Å². The summed E-state index contributed by atoms with van der Waals surface area (Å²) in [6.45, 7) is 12.2. The molecule has 0 saturated carbocycles. The molecule has 1 heterocycles. The number of nitrogens with zero attached hydrogens (tertiary/aromatic N) is 1. The zero-order valence-electron chi connectivity index (χ0n) is 10.7. The second-order valence-electron chi connectivity index (χ2n) is 5.96. The van der Waals surface area contributed by atoms with E-state index in [1.807, 2.05) is 0 Å². The molecular weight excluding hydrogens is 186 g/mol. The Kier molecular flexibility index (Phi) is 4.32. The minimum absolute atomic E-state index is 0.321. The number of Topliss-reactive ketones (excluding diaryl/α,β-unsaturated/α-hetero) is 1. The summed E-state index contributed by atoms with van der Waals surface area (Å²) in [6, 6.07) is 0. The number of carbonyl (C=O) groups excluding carboxylic acids is 1. The van der Waals surface area contributed by atoms with Crippen molar-refractivity contribution in [3.8, 4) is 0 Å². The lowest BCUT2D eigenvalue weighted by Gasteiger charge is -2.27. The van der Waals surface area contributed by atoms with Crippen LogP contribution in [0, 0.1) is 11.3 Å². The summed E-state index contributed by atoms with van der Waals surface area (Å²) < 4.78 is 0. The molecule has 0 aromatic rings. The summed E-state index contributed by atoms with van der Waals surface area (Å²) >= 11 is 0. The van der Waals surface area contributed by atoms with Gasteiger partial charge in [-0.2, -0.15) is 0 Å². The minimum Gasteiger partial charge on any atom is -0.303 e. The molecule has 1 aliphatic rings. The number of likely N-dealkylation sites (tertiary alicyclic amines) is 1. The average Bonchev–Trinajstić information content (AvgIpc) is 2.51. The third-order valence-electron chi connectivity index (χ3n) is 3.50. The first-order valence-electron chi connectivity index (χ1n) is 6.11. The van der Waals surface area contributed by atoms with Gasteiger partial charge in [0.25, 0.3) is 0 Å². The first-order valence-corrected chi connectivity index (χ1v) is 6.11. The van der Waals surface area contributed by atoms with Gasteiger partial charge < -0.3 is 9.69 Å². The van der Waals surface area contributed by atoms with Crippen LogP contribution in [0.3, 0.4) is 0 Å². The standard InChI is InChI=1S/C13H25NO/c1-11(15)6-5-8-14-9-7-12(10-14)13(2,3)4/h12H,5-10H2,1-4H3. The largest absolute Gasteiger partial charge is 0.303 e. The Morgan fingerprint density at radius 1 is 1.40 bits per heavy atom. The molecule has 2 heteroatoms. The first-order chi connectivity index (χ1) is 6.89. The van der Waals surface area contributed by atoms with Crippen molar-refractivity contribution in [2.75, 3.05) is 19.6 Å². The molecule has 0 radical (unpaired) electrons. The molecule has 0 aliphatic carbocycles. The quantitative estimate of drug-likeness (QED) is 0.712. The number of rotatable bonds is 4. The summed E-state index contributed by atoms with van der Waals surface area (Å²) in [6.07, 6.45) is 3.10. The fraction of sp³-hybridized carbons (Fsp3) is 0.923. The van der Waals surface area contributed by atoms with Gasteiger partial charge in [0.1, 0.15) is 5.78 Å². The predicted octanol–water partition coefficient (Wildman–Crippen LogP) is 2.72. The lowest BCUT2D eigenvalue weighted by Crippen LogP contribution is -2.26. The fourth-order valence-corrected chi connectivity index (χ4v) is 2.29. The lowest BCUT2D eigenvalue weighted by atomic mass is 9.80. The molecule has 1 fully saturated rings. The van der Waals surface area contributed by atoms with Crippen molar-refractivity contribution >= 4 is 5.78 Å². The third kappa shape index (κ3) is 4.33. The second-order valence-corrected chi connectivity index (χ2v) is 5.96. The topological polar surface area (TPSA) is 20.3 Å². The van der Waals surface area contributed by atoms with Crippen molar-refractivity contribution < 1.29 is 4.79 Å². The van der Waals surface area contributed by atoms with Crippen LogP contribution in [0.4, 0.5) is 0 Å². The Bertz CT molecular complexity index is 217. The lowest BCUT2D eigenvalue weighted by molar-refractivity contribution is -0.117. The number of hydrogen-bond acceptors (Lipinski definition) is 2. The molecule has 0 aromatic heterocycles. The molecule has 0 bridgehead atoms. The second kappa shape index (κ2) is 5.11. The van der Waals surface area contributed by atoms with Crippen LogP contribution >= 0.6 is 0 Å². The molecule has 1 aliphatic heterocycles. The van der Waals surface area contributed by atoms with Crippen LogP contribution in [0.15, 0.2) is 0 Å². The number of ketones is 1. The SMILES string of the molecule is CC(=O)CCCN1CCC(C(C)(C)C)C1. The Labute approximate surface area is 94.0 Å². The Morgan fingerprint density at radius 2 is 2.07 bits per heavy atom. The van der Waals surface area contributed by atoms with Crippen LogP contribution in [0.5, 0.6) is 0 Å². The molecule has 1 unspecified atom stereocenters. The number of hydrogen-bond donors (Lipinski definition) is 0. The average molecular weight is 211 g/mol. The van der Waals surface area contributed by atoms with Gasteiger partial charge in [0.15, 0.2) is 0 Å². The molecule has 1 atom stereocenters. The summed E-state index contributed by atoms with van der Waals surface area (Å²) in [5, 5.41) is 0. The molecule has 0 N–H and O–H groups in total. The van der Waals surface area contributed by atoms with Gasteiger partial charge in [-0.3, -0.25) is 0 Å². The van der Waals surface area contributed by atoms with E-state index < -0.39 is 0 Å². The molecule has 1 saturated heterocycles. The summed E-state index contributed by atoms with van der Waals surface area (Å²) in [5.74, 6) is 1.15. The van der Waals surface area contributed by atoms with Gasteiger partial charge in [0, 0.05) is 13.0 Å². The summed E-state index contributed by atoms with van der Waals surface area (Å²) in [4.78, 5) is 13.3. The van der Waals surface area contributed by atoms with E-state index in [0.717, 1.165) is 25.3 Å². The maximum absolute atomic E-state index is 10.8. The van der Waals surface area contributed by atoms with Crippen molar-refractivity contribution in [2.45, 2.75) is 47.0 Å². The third-order valence-corrected chi connectivity index (χ3v) is 3.50. The molecule has 88 valence electrons. The van der Waals surface area contributed by atoms with E-state index in [1.54, 1.807) is 6.92 Å². The Hall–Kier alpha value is -0.370. The monoisotopic (exact) mass is 211 g/mol. The van der Waals surface area contributed by atoms with Gasteiger partial charge in [-0.15, -0.1) is 0 Å². The zero-order valence-corrected chi connectivity index (χ0v) is 10.7. The van der Waals surface area contributed by atoms with Crippen molar-refractivity contribution in [2.24, 2.45) is 11.3 Å². The summed E-state index contributed by atoms with van der Waals surface area (Å²) in [5.41, 5.74) is 0.440. The maximum Gasteiger partial charge on any atom is 0.129 e. The van der Waals surface area contributed by atoms with Crippen molar-refractivity contribution in [1.82, 2.24) is 4.90 Å². The molecule has 2 nitrogen and oxygen atoms in total. The van der Waals surface area contributed by atoms with E-state index in [0.29, 0.717) is 11.2 Å². The van der Waals surface area contributed by atoms with E-state index >= 15 is 0 Å². The van der Waals surface area contributed by atoms with Crippen molar-refractivity contribution in [3.63, 3.8) is 0 Å². The highest BCUT2D eigenvalue weighted by Gasteiger charge is 2.31. The highest BCUT2D eigenvalue weighted by Crippen LogP contribution is 2.33. The molecule has 0 amide bonds. The minimum atomic E-state index is 0.321. The number of carbonyl (C=O) groups is 1. The van der Waals surface area contributed by atoms with Gasteiger partial charge in [0.05, 0.1) is 0 Å². The molecule has 1 rings (SSSR count).